The van der Waals surface area contributed by atoms with Crippen molar-refractivity contribution in [3.05, 3.63) is 42.2 Å². The lowest BCUT2D eigenvalue weighted by atomic mass is 9.99. The molecule has 0 spiro atoms. The zero-order valence-electron chi connectivity index (χ0n) is 16.3. The number of anilines is 2. The first-order valence-corrected chi connectivity index (χ1v) is 9.61. The van der Waals surface area contributed by atoms with Gasteiger partial charge in [0.05, 0.1) is 0 Å². The van der Waals surface area contributed by atoms with Gasteiger partial charge in [0.25, 0.3) is 5.91 Å². The number of hydrogen-bond acceptors (Lipinski definition) is 5. The van der Waals surface area contributed by atoms with Crippen LogP contribution in [0.1, 0.15) is 45.1 Å². The van der Waals surface area contributed by atoms with Crippen LogP contribution in [0.5, 0.6) is 5.75 Å². The van der Waals surface area contributed by atoms with Crippen LogP contribution >= 0.6 is 0 Å². The Hall–Kier alpha value is -2.63. The molecule has 0 aliphatic carbocycles. The molecule has 27 heavy (non-hydrogen) atoms. The number of hydrogen-bond donors (Lipinski definition) is 1. The van der Waals surface area contributed by atoms with E-state index in [1.807, 2.05) is 30.3 Å². The van der Waals surface area contributed by atoms with Crippen molar-refractivity contribution in [3.63, 3.8) is 0 Å². The maximum absolute atomic E-state index is 12.2. The molecule has 144 valence electrons. The van der Waals surface area contributed by atoms with E-state index in [4.69, 9.17) is 4.74 Å². The second-order valence-corrected chi connectivity index (χ2v) is 7.49. The van der Waals surface area contributed by atoms with Crippen LogP contribution in [0.3, 0.4) is 0 Å². The van der Waals surface area contributed by atoms with Gasteiger partial charge in [-0.25, -0.2) is 9.97 Å². The summed E-state index contributed by atoms with van der Waals surface area (Å²) in [6.45, 7) is 8.48. The summed E-state index contributed by atoms with van der Waals surface area (Å²) in [6.07, 6.45) is 3.82. The number of nitrogens with zero attached hydrogens (tertiary/aromatic N) is 3. The van der Waals surface area contributed by atoms with Gasteiger partial charge in [-0.1, -0.05) is 32.9 Å². The highest BCUT2D eigenvalue weighted by Gasteiger charge is 2.17. The Kier molecular flexibility index (Phi) is 6.27. The molecule has 1 aromatic carbocycles. The van der Waals surface area contributed by atoms with Gasteiger partial charge in [0.15, 0.2) is 6.61 Å². The second-order valence-electron chi connectivity index (χ2n) is 7.49. The number of amides is 1. The van der Waals surface area contributed by atoms with Gasteiger partial charge in [0.2, 0.25) is 0 Å². The SMILES string of the molecule is CC1CCN(c2cc(NC(=O)COc3ccc(C(C)C)cc3)ncn2)CC1. The van der Waals surface area contributed by atoms with Gasteiger partial charge in [-0.05, 0) is 42.4 Å². The van der Waals surface area contributed by atoms with Crippen LogP contribution in [0.4, 0.5) is 11.6 Å². The van der Waals surface area contributed by atoms with E-state index in [9.17, 15) is 4.79 Å². The third-order valence-corrected chi connectivity index (χ3v) is 4.94. The number of carbonyl (C=O) groups is 1. The van der Waals surface area contributed by atoms with Crippen molar-refractivity contribution in [1.82, 2.24) is 9.97 Å². The first kappa shape index (κ1) is 19.1. The molecule has 1 saturated heterocycles. The van der Waals surface area contributed by atoms with Gasteiger partial charge in [-0.2, -0.15) is 0 Å². The van der Waals surface area contributed by atoms with Crippen LogP contribution in [0.25, 0.3) is 0 Å². The molecular weight excluding hydrogens is 340 g/mol. The first-order valence-electron chi connectivity index (χ1n) is 9.61. The number of aromatic nitrogens is 2. The summed E-state index contributed by atoms with van der Waals surface area (Å²) in [6, 6.07) is 9.65. The van der Waals surface area contributed by atoms with Crippen molar-refractivity contribution in [3.8, 4) is 5.75 Å². The predicted molar refractivity (Wildman–Crippen MR) is 107 cm³/mol. The lowest BCUT2D eigenvalue weighted by molar-refractivity contribution is -0.118. The van der Waals surface area contributed by atoms with Crippen LogP contribution < -0.4 is 15.0 Å². The smallest absolute Gasteiger partial charge is 0.263 e. The molecule has 2 heterocycles. The van der Waals surface area contributed by atoms with Crippen LogP contribution in [0.2, 0.25) is 0 Å². The Morgan fingerprint density at radius 1 is 1.22 bits per heavy atom. The Morgan fingerprint density at radius 3 is 2.59 bits per heavy atom. The van der Waals surface area contributed by atoms with E-state index in [0.29, 0.717) is 17.5 Å². The van der Waals surface area contributed by atoms with Crippen molar-refractivity contribution in [2.24, 2.45) is 5.92 Å². The van der Waals surface area contributed by atoms with E-state index in [2.05, 4.69) is 41.0 Å². The van der Waals surface area contributed by atoms with Crippen molar-refractivity contribution < 1.29 is 9.53 Å². The fraction of sp³-hybridized carbons (Fsp3) is 0.476. The highest BCUT2D eigenvalue weighted by atomic mass is 16.5. The summed E-state index contributed by atoms with van der Waals surface area (Å²) in [7, 11) is 0. The molecule has 1 fully saturated rings. The molecule has 6 heteroatoms. The second kappa shape index (κ2) is 8.84. The summed E-state index contributed by atoms with van der Waals surface area (Å²) in [5.74, 6) is 3.03. The minimum absolute atomic E-state index is 0.0540. The lowest BCUT2D eigenvalue weighted by Crippen LogP contribution is -2.33. The molecule has 2 aromatic rings. The van der Waals surface area contributed by atoms with Gasteiger partial charge < -0.3 is 15.0 Å². The lowest BCUT2D eigenvalue weighted by Gasteiger charge is -2.31. The summed E-state index contributed by atoms with van der Waals surface area (Å²) in [5, 5.41) is 2.79. The minimum atomic E-state index is -0.236. The molecule has 1 aliphatic rings. The fourth-order valence-electron chi connectivity index (χ4n) is 3.10. The molecule has 3 rings (SSSR count). The molecule has 0 saturated carbocycles. The van der Waals surface area contributed by atoms with E-state index in [1.54, 1.807) is 0 Å². The standard InChI is InChI=1S/C21H28N4O2/c1-15(2)17-4-6-18(7-5-17)27-13-21(26)24-19-12-20(23-14-22-19)25-10-8-16(3)9-11-25/h4-7,12,14-16H,8-11,13H2,1-3H3,(H,22,23,24,26). The molecule has 1 N–H and O–H groups in total. The van der Waals surface area contributed by atoms with E-state index in [0.717, 1.165) is 37.7 Å². The molecule has 6 nitrogen and oxygen atoms in total. The summed E-state index contributed by atoms with van der Waals surface area (Å²) < 4.78 is 5.57. The van der Waals surface area contributed by atoms with Gasteiger partial charge in [-0.3, -0.25) is 4.79 Å². The van der Waals surface area contributed by atoms with Crippen LogP contribution in [0, 0.1) is 5.92 Å². The van der Waals surface area contributed by atoms with Gasteiger partial charge in [0.1, 0.15) is 23.7 Å². The summed E-state index contributed by atoms with van der Waals surface area (Å²) >= 11 is 0. The highest BCUT2D eigenvalue weighted by Crippen LogP contribution is 2.22. The quantitative estimate of drug-likeness (QED) is 0.839. The van der Waals surface area contributed by atoms with Gasteiger partial charge >= 0.3 is 0 Å². The molecular formula is C21H28N4O2. The zero-order chi connectivity index (χ0) is 19.2. The Morgan fingerprint density at radius 2 is 1.93 bits per heavy atom. The van der Waals surface area contributed by atoms with E-state index >= 15 is 0 Å². The maximum atomic E-state index is 12.2. The number of benzene rings is 1. The molecule has 1 aromatic heterocycles. The number of rotatable bonds is 6. The molecule has 0 radical (unpaired) electrons. The van der Waals surface area contributed by atoms with Crippen LogP contribution in [0.15, 0.2) is 36.7 Å². The summed E-state index contributed by atoms with van der Waals surface area (Å²) in [5.41, 5.74) is 1.24. The normalized spacial score (nSPS) is 15.0. The third-order valence-electron chi connectivity index (χ3n) is 4.94. The molecule has 0 atom stereocenters. The highest BCUT2D eigenvalue weighted by molar-refractivity contribution is 5.91. The minimum Gasteiger partial charge on any atom is -0.484 e. The van der Waals surface area contributed by atoms with Crippen LogP contribution in [-0.4, -0.2) is 35.6 Å². The Bertz CT molecular complexity index is 753. The average molecular weight is 368 g/mol. The average Bonchev–Trinajstić information content (AvgIpc) is 2.67. The molecule has 1 aliphatic heterocycles. The maximum Gasteiger partial charge on any atom is 0.263 e. The largest absolute Gasteiger partial charge is 0.484 e. The van der Waals surface area contributed by atoms with Crippen molar-refractivity contribution in [2.75, 3.05) is 29.9 Å². The topological polar surface area (TPSA) is 67.4 Å². The van der Waals surface area contributed by atoms with E-state index in [1.165, 1.54) is 11.9 Å². The molecule has 0 bridgehead atoms. The molecule has 1 amide bonds. The Labute approximate surface area is 161 Å². The van der Waals surface area contributed by atoms with Crippen molar-refractivity contribution in [1.29, 1.82) is 0 Å². The summed E-state index contributed by atoms with van der Waals surface area (Å²) in [4.78, 5) is 22.9. The number of carbonyl (C=O) groups excluding carboxylic acids is 1. The third kappa shape index (κ3) is 5.42. The molecule has 0 unspecified atom stereocenters. The van der Waals surface area contributed by atoms with E-state index in [-0.39, 0.29) is 12.5 Å². The predicted octanol–water partition coefficient (Wildman–Crippen LogP) is 3.85. The number of ether oxygens (including phenoxy) is 1. The monoisotopic (exact) mass is 368 g/mol. The van der Waals surface area contributed by atoms with E-state index < -0.39 is 0 Å². The Balaban J connectivity index is 1.52. The fourth-order valence-corrected chi connectivity index (χ4v) is 3.10. The zero-order valence-corrected chi connectivity index (χ0v) is 16.3. The van der Waals surface area contributed by atoms with Gasteiger partial charge in [-0.15, -0.1) is 0 Å². The van der Waals surface area contributed by atoms with Crippen molar-refractivity contribution in [2.45, 2.75) is 39.5 Å². The van der Waals surface area contributed by atoms with Crippen molar-refractivity contribution >= 4 is 17.5 Å². The van der Waals surface area contributed by atoms with Gasteiger partial charge in [0, 0.05) is 19.2 Å². The first-order chi connectivity index (χ1) is 13.0. The number of piperidine rings is 1. The number of nitrogens with one attached hydrogen (secondary N) is 1. The van der Waals surface area contributed by atoms with Crippen LogP contribution in [-0.2, 0) is 4.79 Å².